The second-order valence-electron chi connectivity index (χ2n) is 8.21. The van der Waals surface area contributed by atoms with Crippen LogP contribution in [0.1, 0.15) is 29.5 Å². The Morgan fingerprint density at radius 1 is 1.17 bits per heavy atom. The van der Waals surface area contributed by atoms with Gasteiger partial charge in [-0.2, -0.15) is 5.10 Å². The number of carbonyl (C=O) groups excluding carboxylic acids is 3. The number of ether oxygens (including phenoxy) is 3. The van der Waals surface area contributed by atoms with Gasteiger partial charge < -0.3 is 24.8 Å². The third-order valence-electron chi connectivity index (χ3n) is 5.49. The van der Waals surface area contributed by atoms with E-state index in [1.54, 1.807) is 12.1 Å². The molecule has 0 bridgehead atoms. The summed E-state index contributed by atoms with van der Waals surface area (Å²) in [5.41, 5.74) is 5.72. The molecule has 3 amide bonds. The second-order valence-corrected chi connectivity index (χ2v) is 9.38. The maximum absolute atomic E-state index is 12.4. The minimum Gasteiger partial charge on any atom is -0.493 e. The highest BCUT2D eigenvalue weighted by Gasteiger charge is 2.19. The lowest BCUT2D eigenvalue weighted by atomic mass is 10.1. The Labute approximate surface area is 223 Å². The second kappa shape index (κ2) is 13.2. The molecule has 10 nitrogen and oxygen atoms in total. The average molecular weight is 608 g/mol. The highest BCUT2D eigenvalue weighted by Crippen LogP contribution is 2.33. The van der Waals surface area contributed by atoms with Crippen LogP contribution in [0.3, 0.4) is 0 Å². The molecule has 1 heterocycles. The number of carbonyl (C=O) groups is 3. The summed E-state index contributed by atoms with van der Waals surface area (Å²) in [5, 5.41) is 9.19. The number of hydrogen-bond acceptors (Lipinski definition) is 7. The summed E-state index contributed by atoms with van der Waals surface area (Å²) in [4.78, 5) is 36.2. The Bertz CT molecular complexity index is 1150. The zero-order chi connectivity index (χ0) is 26.1. The number of anilines is 1. The fraction of sp³-hybridized carbons (Fsp3) is 0.360. The minimum atomic E-state index is -0.874. The van der Waals surface area contributed by atoms with Gasteiger partial charge in [0.15, 0.2) is 18.1 Å². The molecule has 2 aromatic rings. The molecular weight excluding hydrogens is 579 g/mol. The SMILES string of the molecule is COc1cc(/C=N\NC(=O)C(=O)NC[C@@H]2CCCO2)cc(I)c1OCC(=O)Nc1ccc(C)c(C)c1. The molecule has 1 saturated heterocycles. The Hall–Kier alpha value is -3.19. The summed E-state index contributed by atoms with van der Waals surface area (Å²) in [5.74, 6) is -1.16. The molecule has 1 aliphatic heterocycles. The molecule has 3 rings (SSSR count). The van der Waals surface area contributed by atoms with Crippen LogP contribution in [0.15, 0.2) is 35.4 Å². The lowest BCUT2D eigenvalue weighted by molar-refractivity contribution is -0.139. The van der Waals surface area contributed by atoms with Crippen molar-refractivity contribution in [2.45, 2.75) is 32.8 Å². The van der Waals surface area contributed by atoms with Gasteiger partial charge in [-0.25, -0.2) is 5.43 Å². The van der Waals surface area contributed by atoms with E-state index in [9.17, 15) is 14.4 Å². The van der Waals surface area contributed by atoms with Crippen molar-refractivity contribution in [2.75, 3.05) is 32.2 Å². The van der Waals surface area contributed by atoms with Crippen molar-refractivity contribution in [3.63, 3.8) is 0 Å². The molecule has 1 fully saturated rings. The summed E-state index contributed by atoms with van der Waals surface area (Å²) in [6, 6.07) is 9.07. The van der Waals surface area contributed by atoms with Crippen LogP contribution < -0.4 is 25.5 Å². The summed E-state index contributed by atoms with van der Waals surface area (Å²) < 4.78 is 17.2. The summed E-state index contributed by atoms with van der Waals surface area (Å²) in [7, 11) is 1.48. The molecule has 0 unspecified atom stereocenters. The number of aryl methyl sites for hydroxylation is 2. The molecule has 0 aromatic heterocycles. The Morgan fingerprint density at radius 2 is 1.97 bits per heavy atom. The number of halogens is 1. The summed E-state index contributed by atoms with van der Waals surface area (Å²) in [6.45, 7) is 4.74. The third kappa shape index (κ3) is 7.92. The number of hydrazone groups is 1. The van der Waals surface area contributed by atoms with E-state index >= 15 is 0 Å². The van der Waals surface area contributed by atoms with Crippen LogP contribution in [0.2, 0.25) is 0 Å². The Balaban J connectivity index is 1.53. The molecule has 11 heteroatoms. The molecule has 0 spiro atoms. The largest absolute Gasteiger partial charge is 0.493 e. The van der Waals surface area contributed by atoms with E-state index in [-0.39, 0.29) is 25.2 Å². The quantitative estimate of drug-likeness (QED) is 0.174. The maximum atomic E-state index is 12.4. The first-order valence-corrected chi connectivity index (χ1v) is 12.4. The number of hydrogen-bond donors (Lipinski definition) is 3. The molecule has 2 aromatic carbocycles. The van der Waals surface area contributed by atoms with Crippen molar-refractivity contribution in [1.82, 2.24) is 10.7 Å². The highest BCUT2D eigenvalue weighted by atomic mass is 127. The van der Waals surface area contributed by atoms with Gasteiger partial charge >= 0.3 is 11.8 Å². The normalized spacial score (nSPS) is 14.9. The van der Waals surface area contributed by atoms with Crippen LogP contribution in [-0.2, 0) is 19.1 Å². The number of methoxy groups -OCH3 is 1. The average Bonchev–Trinajstić information content (AvgIpc) is 3.37. The standard InChI is InChI=1S/C25H29IN4O6/c1-15-6-7-18(9-16(15)2)29-22(31)14-36-23-20(26)10-17(11-21(23)34-3)12-28-30-25(33)24(32)27-13-19-5-4-8-35-19/h6-7,9-12,19H,4-5,8,13-14H2,1-3H3,(H,27,32)(H,29,31)(H,30,33)/b28-12-/t19-/m0/s1. The van der Waals surface area contributed by atoms with E-state index in [1.165, 1.54) is 13.3 Å². The van der Waals surface area contributed by atoms with Crippen LogP contribution in [-0.4, -0.2) is 56.9 Å². The predicted octanol–water partition coefficient (Wildman–Crippen LogP) is 2.68. The molecule has 1 atom stereocenters. The molecule has 192 valence electrons. The van der Waals surface area contributed by atoms with Crippen LogP contribution in [0, 0.1) is 17.4 Å². The molecule has 0 saturated carbocycles. The van der Waals surface area contributed by atoms with Crippen LogP contribution in [0.5, 0.6) is 11.5 Å². The molecule has 1 aliphatic rings. The highest BCUT2D eigenvalue weighted by molar-refractivity contribution is 14.1. The van der Waals surface area contributed by atoms with E-state index in [2.05, 4.69) is 43.8 Å². The zero-order valence-electron chi connectivity index (χ0n) is 20.4. The van der Waals surface area contributed by atoms with Crippen molar-refractivity contribution in [3.05, 3.63) is 50.6 Å². The monoisotopic (exact) mass is 608 g/mol. The van der Waals surface area contributed by atoms with Crippen molar-refractivity contribution in [2.24, 2.45) is 5.10 Å². The smallest absolute Gasteiger partial charge is 0.329 e. The molecular formula is C25H29IN4O6. The molecule has 3 N–H and O–H groups in total. The van der Waals surface area contributed by atoms with Gasteiger partial charge in [-0.05, 0) is 90.2 Å². The molecule has 0 radical (unpaired) electrons. The minimum absolute atomic E-state index is 0.0570. The number of nitrogens with one attached hydrogen (secondary N) is 3. The zero-order valence-corrected chi connectivity index (χ0v) is 22.5. The predicted molar refractivity (Wildman–Crippen MR) is 143 cm³/mol. The number of benzene rings is 2. The fourth-order valence-electron chi connectivity index (χ4n) is 3.42. The van der Waals surface area contributed by atoms with Gasteiger partial charge in [-0.3, -0.25) is 14.4 Å². The van der Waals surface area contributed by atoms with Crippen molar-refractivity contribution in [1.29, 1.82) is 0 Å². The number of amides is 3. The van der Waals surface area contributed by atoms with Gasteiger partial charge in [0.1, 0.15) is 0 Å². The van der Waals surface area contributed by atoms with E-state index in [0.717, 1.165) is 24.0 Å². The fourth-order valence-corrected chi connectivity index (χ4v) is 4.20. The van der Waals surface area contributed by atoms with Gasteiger partial charge in [0.25, 0.3) is 5.91 Å². The van der Waals surface area contributed by atoms with Gasteiger partial charge in [-0.15, -0.1) is 0 Å². The van der Waals surface area contributed by atoms with Crippen molar-refractivity contribution in [3.8, 4) is 11.5 Å². The summed E-state index contributed by atoms with van der Waals surface area (Å²) >= 11 is 2.06. The Morgan fingerprint density at radius 3 is 2.67 bits per heavy atom. The number of rotatable bonds is 9. The Kier molecular flexibility index (Phi) is 10.1. The van der Waals surface area contributed by atoms with E-state index in [1.807, 2.05) is 32.0 Å². The topological polar surface area (TPSA) is 127 Å². The first-order valence-electron chi connectivity index (χ1n) is 11.4. The third-order valence-corrected chi connectivity index (χ3v) is 6.29. The molecule has 0 aliphatic carbocycles. The lowest BCUT2D eigenvalue weighted by Crippen LogP contribution is -2.41. The van der Waals surface area contributed by atoms with Gasteiger partial charge in [0.2, 0.25) is 0 Å². The maximum Gasteiger partial charge on any atom is 0.329 e. The van der Waals surface area contributed by atoms with Gasteiger partial charge in [-0.1, -0.05) is 6.07 Å². The summed E-state index contributed by atoms with van der Waals surface area (Å²) in [6.07, 6.45) is 3.13. The van der Waals surface area contributed by atoms with Gasteiger partial charge in [0.05, 0.1) is 23.0 Å². The van der Waals surface area contributed by atoms with Gasteiger partial charge in [0, 0.05) is 18.8 Å². The van der Waals surface area contributed by atoms with E-state index in [0.29, 0.717) is 32.9 Å². The van der Waals surface area contributed by atoms with Crippen LogP contribution in [0.4, 0.5) is 5.69 Å². The van der Waals surface area contributed by atoms with Crippen molar-refractivity contribution >= 4 is 52.2 Å². The van der Waals surface area contributed by atoms with E-state index in [4.69, 9.17) is 14.2 Å². The molecule has 36 heavy (non-hydrogen) atoms. The van der Waals surface area contributed by atoms with E-state index < -0.39 is 11.8 Å². The first kappa shape index (κ1) is 27.4. The van der Waals surface area contributed by atoms with Crippen LogP contribution in [0.25, 0.3) is 0 Å². The number of nitrogens with zero attached hydrogens (tertiary/aromatic N) is 1. The van der Waals surface area contributed by atoms with Crippen LogP contribution >= 0.6 is 22.6 Å². The van der Waals surface area contributed by atoms with Crippen molar-refractivity contribution < 1.29 is 28.6 Å². The lowest BCUT2D eigenvalue weighted by Gasteiger charge is -2.14. The first-order chi connectivity index (χ1) is 17.3.